The molecule has 0 spiro atoms. The highest BCUT2D eigenvalue weighted by Crippen LogP contribution is 2.33. The Kier molecular flexibility index (Phi) is 3.30. The molecule has 0 aliphatic heterocycles. The minimum atomic E-state index is -0.00841. The predicted octanol–water partition coefficient (Wildman–Crippen LogP) is 2.17. The van der Waals surface area contributed by atoms with Gasteiger partial charge >= 0.3 is 0 Å². The largest absolute Gasteiger partial charge is 0.419 e. The van der Waals surface area contributed by atoms with Gasteiger partial charge in [-0.05, 0) is 28.8 Å². The van der Waals surface area contributed by atoms with E-state index in [4.69, 9.17) is 4.42 Å². The van der Waals surface area contributed by atoms with E-state index in [1.165, 1.54) is 11.8 Å². The monoisotopic (exact) mass is 294 g/mol. The van der Waals surface area contributed by atoms with Crippen molar-refractivity contribution in [3.05, 3.63) is 23.4 Å². The molecule has 0 aliphatic carbocycles. The van der Waals surface area contributed by atoms with Gasteiger partial charge in [0.1, 0.15) is 0 Å². The number of tetrazole rings is 1. The summed E-state index contributed by atoms with van der Waals surface area (Å²) in [5.41, 5.74) is 0. The molecule has 0 bridgehead atoms. The van der Waals surface area contributed by atoms with Crippen LogP contribution in [0.15, 0.2) is 27.1 Å². The van der Waals surface area contributed by atoms with Crippen LogP contribution < -0.4 is 0 Å². The van der Waals surface area contributed by atoms with Crippen LogP contribution in [-0.4, -0.2) is 30.4 Å². The molecule has 1 atom stereocenters. The van der Waals surface area contributed by atoms with E-state index in [-0.39, 0.29) is 5.25 Å². The molecule has 3 aromatic rings. The van der Waals surface area contributed by atoms with Crippen LogP contribution in [0.25, 0.3) is 10.8 Å². The van der Waals surface area contributed by atoms with E-state index in [1.807, 2.05) is 24.4 Å². The Balaban J connectivity index is 1.77. The van der Waals surface area contributed by atoms with E-state index >= 15 is 0 Å². The number of hydrogen-bond donors (Lipinski definition) is 0. The van der Waals surface area contributed by atoms with Gasteiger partial charge in [-0.15, -0.1) is 26.6 Å². The number of rotatable bonds is 4. The van der Waals surface area contributed by atoms with Gasteiger partial charge in [-0.2, -0.15) is 0 Å². The summed E-state index contributed by atoms with van der Waals surface area (Å²) in [6, 6.07) is 3.90. The predicted molar refractivity (Wildman–Crippen MR) is 70.7 cm³/mol. The zero-order valence-electron chi connectivity index (χ0n) is 10.2. The molecule has 3 aromatic heterocycles. The SMILES string of the molecule is C[C@@H](Sc1nnnn1C)c1nnc(-c2cccs2)o1. The van der Waals surface area contributed by atoms with Crippen LogP contribution in [0.5, 0.6) is 0 Å². The van der Waals surface area contributed by atoms with E-state index in [2.05, 4.69) is 25.7 Å². The molecule has 98 valence electrons. The molecule has 3 rings (SSSR count). The van der Waals surface area contributed by atoms with E-state index in [0.717, 1.165) is 4.88 Å². The van der Waals surface area contributed by atoms with Crippen LogP contribution in [0.3, 0.4) is 0 Å². The summed E-state index contributed by atoms with van der Waals surface area (Å²) in [4.78, 5) is 0.969. The Morgan fingerprint density at radius 2 is 2.26 bits per heavy atom. The first kappa shape index (κ1) is 12.3. The fourth-order valence-corrected chi connectivity index (χ4v) is 2.86. The van der Waals surface area contributed by atoms with Crippen molar-refractivity contribution in [2.45, 2.75) is 17.3 Å². The molecule has 19 heavy (non-hydrogen) atoms. The third-order valence-corrected chi connectivity index (χ3v) is 4.35. The lowest BCUT2D eigenvalue weighted by atomic mass is 10.5. The standard InChI is InChI=1S/C10H10N6OS2/c1-6(19-10-13-14-15-16(10)2)8-11-12-9(17-8)7-4-3-5-18-7/h3-6H,1-2H3/t6-/m1/s1. The van der Waals surface area contributed by atoms with E-state index in [9.17, 15) is 0 Å². The van der Waals surface area contributed by atoms with Crippen LogP contribution in [0, 0.1) is 0 Å². The number of aryl methyl sites for hydroxylation is 1. The maximum absolute atomic E-state index is 5.67. The minimum Gasteiger partial charge on any atom is -0.419 e. The summed E-state index contributed by atoms with van der Waals surface area (Å²) >= 11 is 3.04. The van der Waals surface area contributed by atoms with Crippen molar-refractivity contribution in [3.8, 4) is 10.8 Å². The lowest BCUT2D eigenvalue weighted by Crippen LogP contribution is -1.96. The maximum Gasteiger partial charge on any atom is 0.257 e. The number of aromatic nitrogens is 6. The van der Waals surface area contributed by atoms with Gasteiger partial charge in [-0.3, -0.25) is 0 Å². The number of hydrogen-bond acceptors (Lipinski definition) is 8. The fourth-order valence-electron chi connectivity index (χ4n) is 1.43. The van der Waals surface area contributed by atoms with Crippen LogP contribution in [0.4, 0.5) is 0 Å². The van der Waals surface area contributed by atoms with Crippen molar-refractivity contribution in [1.29, 1.82) is 0 Å². The molecular weight excluding hydrogens is 284 g/mol. The maximum atomic E-state index is 5.67. The van der Waals surface area contributed by atoms with Gasteiger partial charge in [0.15, 0.2) is 0 Å². The molecule has 3 heterocycles. The molecule has 0 amide bonds. The van der Waals surface area contributed by atoms with Crippen molar-refractivity contribution < 1.29 is 4.42 Å². The molecule has 0 fully saturated rings. The van der Waals surface area contributed by atoms with Gasteiger partial charge in [0.05, 0.1) is 10.1 Å². The molecule has 0 aliphatic rings. The Labute approximate surface area is 117 Å². The lowest BCUT2D eigenvalue weighted by Gasteiger charge is -2.03. The van der Waals surface area contributed by atoms with Crippen LogP contribution >= 0.6 is 23.1 Å². The fraction of sp³-hybridized carbons (Fsp3) is 0.300. The normalized spacial score (nSPS) is 12.7. The first-order valence-corrected chi connectivity index (χ1v) is 7.26. The van der Waals surface area contributed by atoms with Crippen LogP contribution in [0.1, 0.15) is 18.1 Å². The zero-order valence-corrected chi connectivity index (χ0v) is 11.9. The summed E-state index contributed by atoms with van der Waals surface area (Å²) in [6.45, 7) is 1.98. The van der Waals surface area contributed by atoms with Gasteiger partial charge in [-0.1, -0.05) is 17.8 Å². The average molecular weight is 294 g/mol. The average Bonchev–Trinajstić information content (AvgIpc) is 3.09. The lowest BCUT2D eigenvalue weighted by molar-refractivity contribution is 0.509. The smallest absolute Gasteiger partial charge is 0.257 e. The summed E-state index contributed by atoms with van der Waals surface area (Å²) in [5, 5.41) is 22.1. The van der Waals surface area contributed by atoms with Gasteiger partial charge in [-0.25, -0.2) is 4.68 Å². The second-order valence-corrected chi connectivity index (χ2v) is 6.02. The third kappa shape index (κ3) is 2.51. The molecular formula is C10H10N6OS2. The van der Waals surface area contributed by atoms with Crippen molar-refractivity contribution in [2.24, 2.45) is 7.05 Å². The topological polar surface area (TPSA) is 82.5 Å². The van der Waals surface area contributed by atoms with E-state index in [1.54, 1.807) is 23.1 Å². The Bertz CT molecular complexity index is 661. The summed E-state index contributed by atoms with van der Waals surface area (Å²) < 4.78 is 7.28. The summed E-state index contributed by atoms with van der Waals surface area (Å²) in [7, 11) is 1.79. The number of thiophene rings is 1. The van der Waals surface area contributed by atoms with Crippen molar-refractivity contribution in [3.63, 3.8) is 0 Å². The second-order valence-electron chi connectivity index (χ2n) is 3.77. The molecule has 7 nitrogen and oxygen atoms in total. The van der Waals surface area contributed by atoms with E-state index in [0.29, 0.717) is 16.9 Å². The number of thioether (sulfide) groups is 1. The van der Waals surface area contributed by atoms with Crippen molar-refractivity contribution in [2.75, 3.05) is 0 Å². The van der Waals surface area contributed by atoms with Gasteiger partial charge in [0.2, 0.25) is 11.0 Å². The molecule has 0 unspecified atom stereocenters. The first-order chi connectivity index (χ1) is 9.24. The van der Waals surface area contributed by atoms with Crippen molar-refractivity contribution in [1.82, 2.24) is 30.4 Å². The Morgan fingerprint density at radius 3 is 2.95 bits per heavy atom. The van der Waals surface area contributed by atoms with Crippen molar-refractivity contribution >= 4 is 23.1 Å². The minimum absolute atomic E-state index is 0.00841. The highest BCUT2D eigenvalue weighted by molar-refractivity contribution is 7.99. The van der Waals surface area contributed by atoms with Crippen LogP contribution in [0.2, 0.25) is 0 Å². The second kappa shape index (κ2) is 5.10. The number of nitrogens with zero attached hydrogens (tertiary/aromatic N) is 6. The third-order valence-electron chi connectivity index (χ3n) is 2.38. The summed E-state index contributed by atoms with van der Waals surface area (Å²) in [6.07, 6.45) is 0. The molecule has 0 N–H and O–H groups in total. The van der Waals surface area contributed by atoms with E-state index < -0.39 is 0 Å². The molecule has 0 radical (unpaired) electrons. The van der Waals surface area contributed by atoms with Gasteiger partial charge in [0.25, 0.3) is 5.89 Å². The zero-order chi connectivity index (χ0) is 13.2. The first-order valence-electron chi connectivity index (χ1n) is 5.50. The molecule has 0 saturated heterocycles. The Hall–Kier alpha value is -1.74. The van der Waals surface area contributed by atoms with Gasteiger partial charge in [0, 0.05) is 7.05 Å². The molecule has 0 saturated carbocycles. The van der Waals surface area contributed by atoms with Crippen LogP contribution in [-0.2, 0) is 7.05 Å². The Morgan fingerprint density at radius 1 is 1.37 bits per heavy atom. The highest BCUT2D eigenvalue weighted by Gasteiger charge is 2.19. The van der Waals surface area contributed by atoms with Gasteiger partial charge < -0.3 is 4.42 Å². The quantitative estimate of drug-likeness (QED) is 0.682. The summed E-state index contributed by atoms with van der Waals surface area (Å²) in [5.74, 6) is 1.12. The molecule has 9 heteroatoms. The molecule has 0 aromatic carbocycles. The highest BCUT2D eigenvalue weighted by atomic mass is 32.2.